The van der Waals surface area contributed by atoms with Crippen LogP contribution in [0.1, 0.15) is 57.7 Å². The number of hydrogen-bond acceptors (Lipinski definition) is 2. The van der Waals surface area contributed by atoms with Gasteiger partial charge >= 0.3 is 0 Å². The van der Waals surface area contributed by atoms with Gasteiger partial charge in [0.15, 0.2) is 0 Å². The summed E-state index contributed by atoms with van der Waals surface area (Å²) in [5.74, 6) is 1.02. The monoisotopic (exact) mass is 302 g/mol. The maximum absolute atomic E-state index is 12.4. The van der Waals surface area contributed by atoms with Gasteiger partial charge < -0.3 is 10.6 Å². The van der Waals surface area contributed by atoms with Gasteiger partial charge in [0.05, 0.1) is 6.04 Å². The summed E-state index contributed by atoms with van der Waals surface area (Å²) in [7, 11) is 0. The summed E-state index contributed by atoms with van der Waals surface area (Å²) < 4.78 is 0. The number of benzene rings is 1. The van der Waals surface area contributed by atoms with Gasteiger partial charge in [-0.3, -0.25) is 4.79 Å². The number of hydrogen-bond donors (Lipinski definition) is 2. The maximum atomic E-state index is 12.4. The first-order valence-electron chi connectivity index (χ1n) is 8.58. The third-order valence-corrected chi connectivity index (χ3v) is 4.48. The van der Waals surface area contributed by atoms with Crippen molar-refractivity contribution in [1.82, 2.24) is 10.6 Å². The predicted molar refractivity (Wildman–Crippen MR) is 91.7 cm³/mol. The molecule has 2 rings (SSSR count). The van der Waals surface area contributed by atoms with Crippen molar-refractivity contribution in [3.63, 3.8) is 0 Å². The minimum absolute atomic E-state index is 0.0748. The van der Waals surface area contributed by atoms with E-state index in [2.05, 4.69) is 62.6 Å². The highest BCUT2D eigenvalue weighted by molar-refractivity contribution is 5.79. The van der Waals surface area contributed by atoms with Crippen LogP contribution in [-0.2, 0) is 11.2 Å². The summed E-state index contributed by atoms with van der Waals surface area (Å²) in [6.07, 6.45) is 2.98. The number of rotatable bonds is 5. The highest BCUT2D eigenvalue weighted by Gasteiger charge is 2.25. The topological polar surface area (TPSA) is 41.1 Å². The molecular formula is C19H30N2O. The number of piperidine rings is 1. The van der Waals surface area contributed by atoms with E-state index in [4.69, 9.17) is 0 Å². The third-order valence-electron chi connectivity index (χ3n) is 4.48. The molecule has 1 heterocycles. The Morgan fingerprint density at radius 1 is 1.27 bits per heavy atom. The van der Waals surface area contributed by atoms with Gasteiger partial charge in [0, 0.05) is 12.0 Å². The van der Waals surface area contributed by atoms with Crippen LogP contribution in [0.15, 0.2) is 24.3 Å². The average Bonchev–Trinajstić information content (AvgIpc) is 2.47. The molecule has 3 heteroatoms. The molecule has 22 heavy (non-hydrogen) atoms. The standard InChI is InChI=1S/C19H30N2O/c1-13(2)11-16-5-7-17(8-6-16)15(4)21-19(22)18-9-10-20-14(3)12-18/h5-8,13-15,18,20H,9-12H2,1-4H3,(H,21,22)/t14-,15?,18-/m0/s1. The van der Waals surface area contributed by atoms with E-state index in [1.807, 2.05) is 0 Å². The van der Waals surface area contributed by atoms with Gasteiger partial charge in [-0.2, -0.15) is 0 Å². The molecule has 0 radical (unpaired) electrons. The molecular weight excluding hydrogens is 272 g/mol. The fourth-order valence-corrected chi connectivity index (χ4v) is 3.20. The van der Waals surface area contributed by atoms with Crippen LogP contribution < -0.4 is 10.6 Å². The van der Waals surface area contributed by atoms with Crippen LogP contribution in [0, 0.1) is 11.8 Å². The van der Waals surface area contributed by atoms with E-state index in [1.165, 1.54) is 11.1 Å². The molecule has 1 fully saturated rings. The second kappa shape index (κ2) is 7.77. The molecule has 1 aliphatic heterocycles. The molecule has 1 aliphatic rings. The molecule has 0 saturated carbocycles. The molecule has 1 aromatic rings. The van der Waals surface area contributed by atoms with Crippen molar-refractivity contribution >= 4 is 5.91 Å². The molecule has 0 aromatic heterocycles. The molecule has 2 N–H and O–H groups in total. The van der Waals surface area contributed by atoms with E-state index in [1.54, 1.807) is 0 Å². The first-order valence-corrected chi connectivity index (χ1v) is 8.58. The summed E-state index contributed by atoms with van der Waals surface area (Å²) in [4.78, 5) is 12.4. The van der Waals surface area contributed by atoms with E-state index < -0.39 is 0 Å². The molecule has 1 aromatic carbocycles. The van der Waals surface area contributed by atoms with E-state index in [9.17, 15) is 4.79 Å². The molecule has 1 unspecified atom stereocenters. The smallest absolute Gasteiger partial charge is 0.223 e. The Labute approximate surface area is 134 Å². The van der Waals surface area contributed by atoms with Gasteiger partial charge in [-0.1, -0.05) is 38.1 Å². The van der Waals surface area contributed by atoms with Gasteiger partial charge in [-0.15, -0.1) is 0 Å². The Bertz CT molecular complexity index is 481. The second-order valence-electron chi connectivity index (χ2n) is 7.15. The summed E-state index contributed by atoms with van der Waals surface area (Å²) in [5, 5.41) is 6.57. The van der Waals surface area contributed by atoms with Gasteiger partial charge in [-0.25, -0.2) is 0 Å². The van der Waals surface area contributed by atoms with E-state index in [-0.39, 0.29) is 17.9 Å². The van der Waals surface area contributed by atoms with Crippen LogP contribution in [0.3, 0.4) is 0 Å². The second-order valence-corrected chi connectivity index (χ2v) is 7.15. The molecule has 1 saturated heterocycles. The van der Waals surface area contributed by atoms with Crippen molar-refractivity contribution in [1.29, 1.82) is 0 Å². The van der Waals surface area contributed by atoms with Crippen LogP contribution in [0.2, 0.25) is 0 Å². The number of carbonyl (C=O) groups excluding carboxylic acids is 1. The number of nitrogens with one attached hydrogen (secondary N) is 2. The molecule has 0 aliphatic carbocycles. The minimum atomic E-state index is 0.0748. The molecule has 3 atom stereocenters. The lowest BCUT2D eigenvalue weighted by atomic mass is 9.92. The molecule has 3 nitrogen and oxygen atoms in total. The van der Waals surface area contributed by atoms with Crippen molar-refractivity contribution in [2.75, 3.05) is 6.54 Å². The van der Waals surface area contributed by atoms with Crippen LogP contribution in [-0.4, -0.2) is 18.5 Å². The van der Waals surface area contributed by atoms with Gasteiger partial charge in [0.2, 0.25) is 5.91 Å². The lowest BCUT2D eigenvalue weighted by Gasteiger charge is -2.28. The van der Waals surface area contributed by atoms with Crippen molar-refractivity contribution in [3.05, 3.63) is 35.4 Å². The Balaban J connectivity index is 1.90. The van der Waals surface area contributed by atoms with E-state index in [0.29, 0.717) is 12.0 Å². The molecule has 122 valence electrons. The zero-order valence-corrected chi connectivity index (χ0v) is 14.4. The Morgan fingerprint density at radius 3 is 2.55 bits per heavy atom. The normalized spacial score (nSPS) is 23.3. The fourth-order valence-electron chi connectivity index (χ4n) is 3.20. The average molecular weight is 302 g/mol. The van der Waals surface area contributed by atoms with Crippen molar-refractivity contribution in [3.8, 4) is 0 Å². The van der Waals surface area contributed by atoms with Gasteiger partial charge in [0.25, 0.3) is 0 Å². The first kappa shape index (κ1) is 17.0. The van der Waals surface area contributed by atoms with Crippen molar-refractivity contribution in [2.24, 2.45) is 11.8 Å². The third kappa shape index (κ3) is 4.84. The zero-order chi connectivity index (χ0) is 16.1. The Kier molecular flexibility index (Phi) is 6.01. The summed E-state index contributed by atoms with van der Waals surface area (Å²) in [6.45, 7) is 9.63. The van der Waals surface area contributed by atoms with E-state index >= 15 is 0 Å². The lowest BCUT2D eigenvalue weighted by molar-refractivity contribution is -0.126. The molecule has 0 spiro atoms. The van der Waals surface area contributed by atoms with Gasteiger partial charge in [0.1, 0.15) is 0 Å². The Morgan fingerprint density at radius 2 is 1.95 bits per heavy atom. The summed E-state index contributed by atoms with van der Waals surface area (Å²) in [5.41, 5.74) is 2.55. The molecule has 1 amide bonds. The largest absolute Gasteiger partial charge is 0.349 e. The SMILES string of the molecule is CC(C)Cc1ccc(C(C)NC(=O)[C@H]2CCN[C@@H](C)C2)cc1. The quantitative estimate of drug-likeness (QED) is 0.874. The van der Waals surface area contributed by atoms with Crippen LogP contribution in [0.4, 0.5) is 0 Å². The van der Waals surface area contributed by atoms with Crippen molar-refractivity contribution < 1.29 is 4.79 Å². The molecule has 0 bridgehead atoms. The summed E-state index contributed by atoms with van der Waals surface area (Å²) in [6, 6.07) is 9.18. The fraction of sp³-hybridized carbons (Fsp3) is 0.632. The first-order chi connectivity index (χ1) is 10.5. The predicted octanol–water partition coefficient (Wildman–Crippen LogP) is 3.45. The lowest BCUT2D eigenvalue weighted by Crippen LogP contribution is -2.42. The van der Waals surface area contributed by atoms with Gasteiger partial charge in [-0.05, 0) is 56.7 Å². The minimum Gasteiger partial charge on any atom is -0.349 e. The van der Waals surface area contributed by atoms with Crippen LogP contribution in [0.5, 0.6) is 0 Å². The number of amides is 1. The van der Waals surface area contributed by atoms with Crippen LogP contribution in [0.25, 0.3) is 0 Å². The van der Waals surface area contributed by atoms with Crippen molar-refractivity contribution in [2.45, 2.75) is 59.0 Å². The van der Waals surface area contributed by atoms with E-state index in [0.717, 1.165) is 25.8 Å². The highest BCUT2D eigenvalue weighted by Crippen LogP contribution is 2.20. The zero-order valence-electron chi connectivity index (χ0n) is 14.4. The number of carbonyl (C=O) groups is 1. The maximum Gasteiger partial charge on any atom is 0.223 e. The Hall–Kier alpha value is -1.35. The van der Waals surface area contributed by atoms with Crippen LogP contribution >= 0.6 is 0 Å². The highest BCUT2D eigenvalue weighted by atomic mass is 16.1. The summed E-state index contributed by atoms with van der Waals surface area (Å²) >= 11 is 0.